The van der Waals surface area contributed by atoms with Gasteiger partial charge in [-0.25, -0.2) is 8.78 Å². The van der Waals surface area contributed by atoms with Crippen molar-refractivity contribution >= 4 is 28.5 Å². The molecule has 1 atom stereocenters. The lowest BCUT2D eigenvalue weighted by Gasteiger charge is -2.14. The van der Waals surface area contributed by atoms with E-state index in [0.717, 1.165) is 5.56 Å². The molecule has 0 spiro atoms. The Labute approximate surface area is 159 Å². The van der Waals surface area contributed by atoms with E-state index in [4.69, 9.17) is 0 Å². The fourth-order valence-electron chi connectivity index (χ4n) is 3.46. The van der Waals surface area contributed by atoms with Crippen LogP contribution in [-0.4, -0.2) is 35.1 Å². The number of nitrogens with one attached hydrogen (secondary N) is 2. The number of halogens is 2. The molecule has 4 rings (SSSR count). The third-order valence-corrected chi connectivity index (χ3v) is 4.87. The van der Waals surface area contributed by atoms with E-state index in [1.165, 1.54) is 23.1 Å². The maximum Gasteiger partial charge on any atom is 0.229 e. The predicted molar refractivity (Wildman–Crippen MR) is 99.6 cm³/mol. The number of fused-ring (bicyclic) bond motifs is 1. The highest BCUT2D eigenvalue weighted by Gasteiger charge is 2.37. The zero-order chi connectivity index (χ0) is 19.7. The van der Waals surface area contributed by atoms with Gasteiger partial charge in [0.1, 0.15) is 11.6 Å². The Kier molecular flexibility index (Phi) is 4.77. The molecule has 3 aromatic rings. The number of hydrogen-bond donors (Lipinski definition) is 2. The van der Waals surface area contributed by atoms with Gasteiger partial charge in [-0.15, -0.1) is 0 Å². The van der Waals surface area contributed by atoms with Gasteiger partial charge in [0.2, 0.25) is 11.8 Å². The largest absolute Gasteiger partial charge is 0.355 e. The minimum absolute atomic E-state index is 0.0363. The highest BCUT2D eigenvalue weighted by Crippen LogP contribution is 2.31. The second-order valence-corrected chi connectivity index (χ2v) is 6.79. The van der Waals surface area contributed by atoms with Gasteiger partial charge >= 0.3 is 0 Å². The zero-order valence-electron chi connectivity index (χ0n) is 14.9. The van der Waals surface area contributed by atoms with Crippen LogP contribution in [0, 0.1) is 17.6 Å². The van der Waals surface area contributed by atoms with E-state index >= 15 is 0 Å². The molecular formula is C20H18F2N4O2. The molecule has 1 aliphatic rings. The number of H-pyrrole nitrogens is 1. The molecule has 6 nitrogen and oxygen atoms in total. The van der Waals surface area contributed by atoms with Crippen LogP contribution >= 0.6 is 0 Å². The quantitative estimate of drug-likeness (QED) is 0.710. The molecule has 8 heteroatoms. The van der Waals surface area contributed by atoms with Gasteiger partial charge in [0.15, 0.2) is 5.82 Å². The first-order valence-electron chi connectivity index (χ1n) is 8.98. The number of aromatic amines is 1. The summed E-state index contributed by atoms with van der Waals surface area (Å²) < 4.78 is 27.4. The molecular weight excluding hydrogens is 366 g/mol. The molecule has 2 aromatic carbocycles. The lowest BCUT2D eigenvalue weighted by atomic mass is 10.1. The van der Waals surface area contributed by atoms with Crippen LogP contribution in [-0.2, 0) is 16.0 Å². The van der Waals surface area contributed by atoms with Crippen LogP contribution < -0.4 is 10.2 Å². The van der Waals surface area contributed by atoms with Gasteiger partial charge in [0.05, 0.1) is 16.8 Å². The molecule has 144 valence electrons. The summed E-state index contributed by atoms with van der Waals surface area (Å²) in [6, 6.07) is 10.7. The number of hydrogen-bond acceptors (Lipinski definition) is 3. The number of anilines is 1. The number of benzene rings is 2. The van der Waals surface area contributed by atoms with Crippen molar-refractivity contribution in [2.45, 2.75) is 12.8 Å². The third kappa shape index (κ3) is 3.45. The second kappa shape index (κ2) is 7.38. The topological polar surface area (TPSA) is 78.1 Å². The molecule has 1 aromatic heterocycles. The van der Waals surface area contributed by atoms with Crippen LogP contribution in [0.1, 0.15) is 12.0 Å². The fourth-order valence-corrected chi connectivity index (χ4v) is 3.46. The molecule has 0 saturated carbocycles. The molecule has 0 radical (unpaired) electrons. The Morgan fingerprint density at radius 1 is 1.25 bits per heavy atom. The molecule has 0 bridgehead atoms. The molecule has 1 fully saturated rings. The number of carbonyl (C=O) groups is 2. The molecule has 2 amide bonds. The van der Waals surface area contributed by atoms with E-state index < -0.39 is 11.7 Å². The first-order chi connectivity index (χ1) is 13.5. The number of nitrogens with zero attached hydrogens (tertiary/aromatic N) is 2. The van der Waals surface area contributed by atoms with Crippen molar-refractivity contribution in [3.8, 4) is 0 Å². The highest BCUT2D eigenvalue weighted by atomic mass is 19.1. The van der Waals surface area contributed by atoms with Crippen molar-refractivity contribution in [2.24, 2.45) is 5.92 Å². The van der Waals surface area contributed by atoms with Crippen molar-refractivity contribution < 1.29 is 18.4 Å². The molecule has 1 aliphatic heterocycles. The monoisotopic (exact) mass is 384 g/mol. The third-order valence-electron chi connectivity index (χ3n) is 4.87. The fraction of sp³-hybridized carbons (Fsp3) is 0.250. The highest BCUT2D eigenvalue weighted by molar-refractivity contribution is 6.05. The molecule has 2 heterocycles. The van der Waals surface area contributed by atoms with E-state index in [-0.39, 0.29) is 41.8 Å². The number of aromatic nitrogens is 2. The van der Waals surface area contributed by atoms with Gasteiger partial charge in [-0.2, -0.15) is 5.10 Å². The van der Waals surface area contributed by atoms with Crippen molar-refractivity contribution in [1.82, 2.24) is 15.5 Å². The van der Waals surface area contributed by atoms with Gasteiger partial charge in [0.25, 0.3) is 0 Å². The Balaban J connectivity index is 1.40. The molecule has 28 heavy (non-hydrogen) atoms. The summed E-state index contributed by atoms with van der Waals surface area (Å²) in [7, 11) is 0. The van der Waals surface area contributed by atoms with Crippen LogP contribution in [0.4, 0.5) is 14.6 Å². The summed E-state index contributed by atoms with van der Waals surface area (Å²) >= 11 is 0. The lowest BCUT2D eigenvalue weighted by Crippen LogP contribution is -2.34. The number of carbonyl (C=O) groups excluding carboxylic acids is 2. The Hall–Kier alpha value is -3.29. The minimum atomic E-state index is -0.543. The van der Waals surface area contributed by atoms with E-state index in [2.05, 4.69) is 15.5 Å². The van der Waals surface area contributed by atoms with Gasteiger partial charge in [-0.1, -0.05) is 18.2 Å². The molecule has 2 N–H and O–H groups in total. The van der Waals surface area contributed by atoms with Gasteiger partial charge < -0.3 is 5.32 Å². The molecule has 1 unspecified atom stereocenters. The van der Waals surface area contributed by atoms with Crippen LogP contribution in [0.3, 0.4) is 0 Å². The smallest absolute Gasteiger partial charge is 0.229 e. The van der Waals surface area contributed by atoms with Crippen molar-refractivity contribution in [1.29, 1.82) is 0 Å². The van der Waals surface area contributed by atoms with Crippen molar-refractivity contribution in [3.05, 3.63) is 59.7 Å². The second-order valence-electron chi connectivity index (χ2n) is 6.79. The summed E-state index contributed by atoms with van der Waals surface area (Å²) in [6.07, 6.45) is 0.525. The Morgan fingerprint density at radius 3 is 2.89 bits per heavy atom. The maximum atomic E-state index is 14.2. The SMILES string of the molecule is O=C(NCCc1cccc(F)c1)C1CC(=O)N(c2n[nH]c3cccc(F)c23)C1. The number of amides is 2. The first kappa shape index (κ1) is 18.1. The number of rotatable bonds is 5. The lowest BCUT2D eigenvalue weighted by molar-refractivity contribution is -0.126. The van der Waals surface area contributed by atoms with Crippen LogP contribution in [0.25, 0.3) is 10.9 Å². The van der Waals surface area contributed by atoms with Gasteiger partial charge in [-0.3, -0.25) is 19.6 Å². The average Bonchev–Trinajstić information content (AvgIpc) is 3.26. The summed E-state index contributed by atoms with van der Waals surface area (Å²) in [4.78, 5) is 26.2. The summed E-state index contributed by atoms with van der Waals surface area (Å²) in [6.45, 7) is 0.478. The molecule has 0 aliphatic carbocycles. The average molecular weight is 384 g/mol. The summed E-state index contributed by atoms with van der Waals surface area (Å²) in [5.74, 6) is -1.67. The van der Waals surface area contributed by atoms with E-state index in [0.29, 0.717) is 18.5 Å². The van der Waals surface area contributed by atoms with E-state index in [9.17, 15) is 18.4 Å². The normalized spacial score (nSPS) is 16.7. The minimum Gasteiger partial charge on any atom is -0.355 e. The van der Waals surface area contributed by atoms with E-state index in [1.54, 1.807) is 24.3 Å². The van der Waals surface area contributed by atoms with Gasteiger partial charge in [0, 0.05) is 19.5 Å². The first-order valence-corrected chi connectivity index (χ1v) is 8.98. The van der Waals surface area contributed by atoms with Crippen molar-refractivity contribution in [3.63, 3.8) is 0 Å². The summed E-state index contributed by atoms with van der Waals surface area (Å²) in [5, 5.41) is 9.80. The van der Waals surface area contributed by atoms with E-state index in [1.807, 2.05) is 0 Å². The van der Waals surface area contributed by atoms with Crippen LogP contribution in [0.15, 0.2) is 42.5 Å². The van der Waals surface area contributed by atoms with Crippen molar-refractivity contribution in [2.75, 3.05) is 18.0 Å². The Morgan fingerprint density at radius 2 is 2.07 bits per heavy atom. The van der Waals surface area contributed by atoms with Gasteiger partial charge in [-0.05, 0) is 36.2 Å². The van der Waals surface area contributed by atoms with Crippen LogP contribution in [0.2, 0.25) is 0 Å². The summed E-state index contributed by atoms with van der Waals surface area (Å²) in [5.41, 5.74) is 1.27. The Bertz CT molecular complexity index is 1050. The predicted octanol–water partition coefficient (Wildman–Crippen LogP) is 2.55. The molecule has 1 saturated heterocycles. The maximum absolute atomic E-state index is 14.2. The standard InChI is InChI=1S/C20H18F2N4O2/c21-14-4-1-3-12(9-14)7-8-23-20(28)13-10-17(27)26(11-13)19-18-15(22)5-2-6-16(18)24-25-19/h1-6,9,13H,7-8,10-11H2,(H,23,28)(H,24,25). The zero-order valence-corrected chi connectivity index (χ0v) is 14.9. The van der Waals surface area contributed by atoms with Crippen LogP contribution in [0.5, 0.6) is 0 Å².